The molecule has 13 heteroatoms. The number of piperidine rings is 1. The Morgan fingerprint density at radius 3 is 2.21 bits per heavy atom. The van der Waals surface area contributed by atoms with Gasteiger partial charge in [-0.05, 0) is 30.7 Å². The minimum atomic E-state index is -1.48. The van der Waals surface area contributed by atoms with Gasteiger partial charge in [-0.15, -0.1) is 0 Å². The Morgan fingerprint density at radius 2 is 1.63 bits per heavy atom. The molecule has 3 amide bonds. The van der Waals surface area contributed by atoms with Crippen molar-refractivity contribution in [2.75, 3.05) is 19.6 Å². The molecule has 208 valence electrons. The Bertz CT molecular complexity index is 995. The van der Waals surface area contributed by atoms with Crippen molar-refractivity contribution in [3.63, 3.8) is 0 Å². The number of nitrogens with one attached hydrogen (secondary N) is 4. The molecule has 0 aromatic heterocycles. The number of carbonyl (C=O) groups excluding carboxylic acids is 3. The first kappa shape index (κ1) is 30.1. The van der Waals surface area contributed by atoms with E-state index >= 15 is 0 Å². The number of hydrogen-bond acceptors (Lipinski definition) is 6. The zero-order valence-corrected chi connectivity index (χ0v) is 21.2. The van der Waals surface area contributed by atoms with Crippen molar-refractivity contribution in [3.8, 4) is 0 Å². The SMILES string of the molecule is N=C(N)N1CCC(CCC(=O)NCCC(=O)N[C@@H](CC(=O)O)C(=O)N[C@@H](Cc2ccccc2)C(=O)O)CC1. The van der Waals surface area contributed by atoms with E-state index < -0.39 is 42.3 Å². The molecule has 0 spiro atoms. The number of rotatable bonds is 14. The fourth-order valence-corrected chi connectivity index (χ4v) is 4.17. The van der Waals surface area contributed by atoms with Crippen molar-refractivity contribution >= 4 is 35.6 Å². The second-order valence-corrected chi connectivity index (χ2v) is 9.26. The molecule has 0 radical (unpaired) electrons. The Hall–Kier alpha value is -4.16. The third kappa shape index (κ3) is 10.8. The molecule has 8 N–H and O–H groups in total. The van der Waals surface area contributed by atoms with Gasteiger partial charge < -0.3 is 36.8 Å². The third-order valence-electron chi connectivity index (χ3n) is 6.34. The Morgan fingerprint density at radius 1 is 0.974 bits per heavy atom. The number of likely N-dealkylation sites (tertiary alicyclic amines) is 1. The molecule has 38 heavy (non-hydrogen) atoms. The summed E-state index contributed by atoms with van der Waals surface area (Å²) < 4.78 is 0. The van der Waals surface area contributed by atoms with Crippen molar-refractivity contribution < 1.29 is 34.2 Å². The minimum absolute atomic E-state index is 0.000611. The van der Waals surface area contributed by atoms with Crippen LogP contribution in [-0.4, -0.2) is 82.5 Å². The van der Waals surface area contributed by atoms with Gasteiger partial charge >= 0.3 is 11.9 Å². The van der Waals surface area contributed by atoms with Gasteiger partial charge in [0.2, 0.25) is 17.7 Å². The number of nitrogens with two attached hydrogens (primary N) is 1. The van der Waals surface area contributed by atoms with E-state index in [1.807, 2.05) is 0 Å². The average molecular weight is 533 g/mol. The summed E-state index contributed by atoms with van der Waals surface area (Å²) >= 11 is 0. The topological polar surface area (TPSA) is 215 Å². The maximum Gasteiger partial charge on any atom is 0.326 e. The summed E-state index contributed by atoms with van der Waals surface area (Å²) in [6, 6.07) is 5.82. The normalized spacial score (nSPS) is 15.1. The number of amides is 3. The van der Waals surface area contributed by atoms with Gasteiger partial charge in [0.1, 0.15) is 12.1 Å². The summed E-state index contributed by atoms with van der Waals surface area (Å²) in [5.41, 5.74) is 6.15. The van der Waals surface area contributed by atoms with Gasteiger partial charge in [-0.2, -0.15) is 0 Å². The van der Waals surface area contributed by atoms with Gasteiger partial charge in [-0.25, -0.2) is 4.79 Å². The largest absolute Gasteiger partial charge is 0.481 e. The first-order valence-corrected chi connectivity index (χ1v) is 12.5. The van der Waals surface area contributed by atoms with Crippen molar-refractivity contribution in [2.24, 2.45) is 11.7 Å². The molecule has 2 atom stereocenters. The van der Waals surface area contributed by atoms with Crippen LogP contribution in [0.3, 0.4) is 0 Å². The van der Waals surface area contributed by atoms with Crippen molar-refractivity contribution in [1.82, 2.24) is 20.9 Å². The van der Waals surface area contributed by atoms with Gasteiger partial charge in [0.15, 0.2) is 5.96 Å². The predicted molar refractivity (Wildman–Crippen MR) is 137 cm³/mol. The number of aliphatic carboxylic acids is 2. The van der Waals surface area contributed by atoms with E-state index in [0.29, 0.717) is 31.0 Å². The van der Waals surface area contributed by atoms with Crippen LogP contribution in [0.2, 0.25) is 0 Å². The highest BCUT2D eigenvalue weighted by atomic mass is 16.4. The first-order chi connectivity index (χ1) is 18.0. The highest BCUT2D eigenvalue weighted by Gasteiger charge is 2.28. The van der Waals surface area contributed by atoms with Gasteiger partial charge in [-0.3, -0.25) is 24.6 Å². The smallest absolute Gasteiger partial charge is 0.326 e. The van der Waals surface area contributed by atoms with Crippen LogP contribution in [0, 0.1) is 11.3 Å². The molecular formula is C25H36N6O7. The van der Waals surface area contributed by atoms with Crippen molar-refractivity contribution in [2.45, 2.75) is 57.0 Å². The molecule has 1 fully saturated rings. The first-order valence-electron chi connectivity index (χ1n) is 12.5. The molecule has 1 aliphatic rings. The van der Waals surface area contributed by atoms with E-state index in [0.717, 1.165) is 12.8 Å². The zero-order chi connectivity index (χ0) is 28.1. The molecule has 0 aliphatic carbocycles. The summed E-state index contributed by atoms with van der Waals surface area (Å²) in [5, 5.41) is 33.4. The summed E-state index contributed by atoms with van der Waals surface area (Å²) in [4.78, 5) is 61.8. The molecule has 0 bridgehead atoms. The number of guanidine groups is 1. The molecule has 1 heterocycles. The Kier molecular flexibility index (Phi) is 12.0. The lowest BCUT2D eigenvalue weighted by Gasteiger charge is -2.32. The average Bonchev–Trinajstić information content (AvgIpc) is 2.87. The van der Waals surface area contributed by atoms with Crippen molar-refractivity contribution in [3.05, 3.63) is 35.9 Å². The second kappa shape index (κ2) is 15.2. The molecule has 2 rings (SSSR count). The number of carboxylic acid groups (broad SMARTS) is 2. The maximum absolute atomic E-state index is 12.7. The second-order valence-electron chi connectivity index (χ2n) is 9.26. The van der Waals surface area contributed by atoms with Crippen LogP contribution in [0.1, 0.15) is 44.1 Å². The molecule has 1 aromatic rings. The minimum Gasteiger partial charge on any atom is -0.481 e. The number of carboxylic acids is 2. The Balaban J connectivity index is 1.77. The highest BCUT2D eigenvalue weighted by molar-refractivity contribution is 5.93. The fourth-order valence-electron chi connectivity index (χ4n) is 4.17. The van der Waals surface area contributed by atoms with Gasteiger partial charge in [-0.1, -0.05) is 30.3 Å². The quantitative estimate of drug-likeness (QED) is 0.123. The molecule has 1 aliphatic heterocycles. The lowest BCUT2D eigenvalue weighted by atomic mass is 9.92. The summed E-state index contributed by atoms with van der Waals surface area (Å²) in [6.07, 6.45) is 1.72. The van der Waals surface area contributed by atoms with E-state index in [9.17, 15) is 29.1 Å². The number of hydrogen-bond donors (Lipinski definition) is 7. The van der Waals surface area contributed by atoms with Crippen LogP contribution < -0.4 is 21.7 Å². The monoisotopic (exact) mass is 532 g/mol. The zero-order valence-electron chi connectivity index (χ0n) is 21.2. The number of carbonyl (C=O) groups is 5. The summed E-state index contributed by atoms with van der Waals surface area (Å²) in [7, 11) is 0. The van der Waals surface area contributed by atoms with Crippen molar-refractivity contribution in [1.29, 1.82) is 5.41 Å². The summed E-state index contributed by atoms with van der Waals surface area (Å²) in [6.45, 7) is 1.37. The van der Waals surface area contributed by atoms with Gasteiger partial charge in [0, 0.05) is 38.9 Å². The molecule has 1 aromatic carbocycles. The van der Waals surface area contributed by atoms with Crippen LogP contribution in [0.25, 0.3) is 0 Å². The van der Waals surface area contributed by atoms with Crippen LogP contribution in [0.5, 0.6) is 0 Å². The fraction of sp³-hybridized carbons (Fsp3) is 0.520. The van der Waals surface area contributed by atoms with Crippen LogP contribution >= 0.6 is 0 Å². The van der Waals surface area contributed by atoms with E-state index in [1.165, 1.54) is 0 Å². The molecule has 0 saturated carbocycles. The lowest BCUT2D eigenvalue weighted by Crippen LogP contribution is -2.53. The highest BCUT2D eigenvalue weighted by Crippen LogP contribution is 2.21. The maximum atomic E-state index is 12.7. The Labute approximate surface area is 220 Å². The van der Waals surface area contributed by atoms with E-state index in [-0.39, 0.29) is 37.7 Å². The van der Waals surface area contributed by atoms with E-state index in [2.05, 4.69) is 16.0 Å². The predicted octanol–water partition coefficient (Wildman–Crippen LogP) is -0.350. The number of nitrogens with zero attached hydrogens (tertiary/aromatic N) is 1. The van der Waals surface area contributed by atoms with Crippen LogP contribution in [0.4, 0.5) is 0 Å². The summed E-state index contributed by atoms with van der Waals surface area (Å²) in [5.74, 6) is -4.04. The molecule has 1 saturated heterocycles. The van der Waals surface area contributed by atoms with E-state index in [1.54, 1.807) is 35.2 Å². The van der Waals surface area contributed by atoms with Gasteiger partial charge in [0.25, 0.3) is 0 Å². The van der Waals surface area contributed by atoms with Crippen LogP contribution in [-0.2, 0) is 30.4 Å². The molecule has 13 nitrogen and oxygen atoms in total. The van der Waals surface area contributed by atoms with E-state index in [4.69, 9.17) is 16.2 Å². The standard InChI is InChI=1S/C25H36N6O7/c26-25(27)31-12-9-16(10-13-31)6-7-20(32)28-11-8-21(33)29-18(15-22(34)35)23(36)30-19(24(37)38)14-17-4-2-1-3-5-17/h1-5,16,18-19H,6-15H2,(H3,26,27)(H,28,32)(H,29,33)(H,30,36)(H,34,35)(H,37,38)/t18-,19-/m0/s1. The molecule has 0 unspecified atom stereocenters. The lowest BCUT2D eigenvalue weighted by molar-refractivity contribution is -0.143. The molecular weight excluding hydrogens is 496 g/mol. The number of benzene rings is 1. The third-order valence-corrected chi connectivity index (χ3v) is 6.34. The van der Waals surface area contributed by atoms with Gasteiger partial charge in [0.05, 0.1) is 6.42 Å². The van der Waals surface area contributed by atoms with Crippen LogP contribution in [0.15, 0.2) is 30.3 Å².